The zero-order chi connectivity index (χ0) is 13.0. The van der Waals surface area contributed by atoms with Crippen molar-refractivity contribution >= 4 is 5.91 Å². The van der Waals surface area contributed by atoms with Crippen LogP contribution in [0.3, 0.4) is 0 Å². The Hall–Kier alpha value is -2.02. The van der Waals surface area contributed by atoms with E-state index in [-0.39, 0.29) is 11.8 Å². The van der Waals surface area contributed by atoms with Crippen molar-refractivity contribution in [1.82, 2.24) is 4.90 Å². The van der Waals surface area contributed by atoms with E-state index in [9.17, 15) is 4.79 Å². The number of amides is 1. The Morgan fingerprint density at radius 3 is 2.78 bits per heavy atom. The van der Waals surface area contributed by atoms with E-state index in [1.54, 1.807) is 12.0 Å². The molecule has 1 aromatic rings. The lowest BCUT2D eigenvalue weighted by Gasteiger charge is -2.29. The zero-order valence-electron chi connectivity index (χ0n) is 10.4. The van der Waals surface area contributed by atoms with Crippen molar-refractivity contribution in [2.24, 2.45) is 5.92 Å². The molecule has 0 aromatic heterocycles. The van der Waals surface area contributed by atoms with Gasteiger partial charge in [0.1, 0.15) is 5.75 Å². The topological polar surface area (TPSA) is 53.3 Å². The fraction of sp³-hybridized carbons (Fsp3) is 0.429. The van der Waals surface area contributed by atoms with Crippen LogP contribution in [-0.2, 0) is 11.3 Å². The predicted molar refractivity (Wildman–Crippen MR) is 66.7 cm³/mol. The number of hydrogen-bond donors (Lipinski definition) is 0. The molecular weight excluding hydrogens is 228 g/mol. The number of piperidine rings is 1. The first kappa shape index (κ1) is 12.4. The molecule has 4 heteroatoms. The third-order valence-corrected chi connectivity index (χ3v) is 3.22. The Morgan fingerprint density at radius 2 is 2.17 bits per heavy atom. The van der Waals surface area contributed by atoms with Gasteiger partial charge in [-0.25, -0.2) is 0 Å². The highest BCUT2D eigenvalue weighted by Gasteiger charge is 2.25. The van der Waals surface area contributed by atoms with Crippen molar-refractivity contribution in [3.8, 4) is 11.8 Å². The fourth-order valence-electron chi connectivity index (χ4n) is 2.12. The normalized spacial score (nSPS) is 19.4. The molecule has 0 saturated carbocycles. The molecule has 0 N–H and O–H groups in total. The van der Waals surface area contributed by atoms with E-state index < -0.39 is 0 Å². The lowest BCUT2D eigenvalue weighted by molar-refractivity contribution is -0.134. The highest BCUT2D eigenvalue weighted by atomic mass is 16.5. The average Bonchev–Trinajstić information content (AvgIpc) is 2.42. The molecule has 1 heterocycles. The average molecular weight is 244 g/mol. The maximum absolute atomic E-state index is 11.8. The number of carbonyl (C=O) groups is 1. The summed E-state index contributed by atoms with van der Waals surface area (Å²) in [5.41, 5.74) is 1.06. The molecule has 0 spiro atoms. The van der Waals surface area contributed by atoms with E-state index in [1.807, 2.05) is 24.3 Å². The van der Waals surface area contributed by atoms with Gasteiger partial charge in [0.25, 0.3) is 0 Å². The van der Waals surface area contributed by atoms with Gasteiger partial charge in [0.05, 0.1) is 19.1 Å². The van der Waals surface area contributed by atoms with Crippen molar-refractivity contribution in [3.05, 3.63) is 29.8 Å². The highest BCUT2D eigenvalue weighted by Crippen LogP contribution is 2.20. The van der Waals surface area contributed by atoms with Gasteiger partial charge in [-0.1, -0.05) is 12.1 Å². The number of rotatable bonds is 3. The molecule has 18 heavy (non-hydrogen) atoms. The standard InChI is InChI=1S/C14H16N2O2/c1-18-13-5-2-11(3-6-13)9-16-10-12(8-15)4-7-14(16)17/h2-3,5-6,12H,4,7,9-10H2,1H3. The van der Waals surface area contributed by atoms with Crippen LogP contribution in [0, 0.1) is 17.2 Å². The van der Waals surface area contributed by atoms with Crippen LogP contribution in [0.15, 0.2) is 24.3 Å². The molecule has 1 saturated heterocycles. The minimum Gasteiger partial charge on any atom is -0.497 e. The molecule has 2 rings (SSSR count). The molecule has 1 aliphatic rings. The Morgan fingerprint density at radius 1 is 1.44 bits per heavy atom. The van der Waals surface area contributed by atoms with Gasteiger partial charge in [0.2, 0.25) is 5.91 Å². The number of methoxy groups -OCH3 is 1. The molecule has 1 fully saturated rings. The maximum atomic E-state index is 11.8. The molecule has 0 bridgehead atoms. The molecule has 4 nitrogen and oxygen atoms in total. The van der Waals surface area contributed by atoms with Crippen LogP contribution in [0.2, 0.25) is 0 Å². The lowest BCUT2D eigenvalue weighted by atomic mass is 9.98. The van der Waals surface area contributed by atoms with Crippen LogP contribution in [0.1, 0.15) is 18.4 Å². The summed E-state index contributed by atoms with van der Waals surface area (Å²) in [6.45, 7) is 1.11. The van der Waals surface area contributed by atoms with Gasteiger partial charge < -0.3 is 9.64 Å². The molecule has 94 valence electrons. The summed E-state index contributed by atoms with van der Waals surface area (Å²) in [5.74, 6) is 0.914. The van der Waals surface area contributed by atoms with Gasteiger partial charge in [-0.15, -0.1) is 0 Å². The van der Waals surface area contributed by atoms with Crippen molar-refractivity contribution in [3.63, 3.8) is 0 Å². The first-order valence-electron chi connectivity index (χ1n) is 6.03. The van der Waals surface area contributed by atoms with Crippen molar-refractivity contribution < 1.29 is 9.53 Å². The number of ether oxygens (including phenoxy) is 1. The van der Waals surface area contributed by atoms with E-state index in [0.717, 1.165) is 11.3 Å². The summed E-state index contributed by atoms with van der Waals surface area (Å²) in [4.78, 5) is 13.5. The van der Waals surface area contributed by atoms with Gasteiger partial charge >= 0.3 is 0 Å². The molecule has 0 aliphatic carbocycles. The van der Waals surface area contributed by atoms with E-state index in [1.165, 1.54) is 0 Å². The van der Waals surface area contributed by atoms with E-state index in [0.29, 0.717) is 25.9 Å². The maximum Gasteiger partial charge on any atom is 0.222 e. The zero-order valence-corrected chi connectivity index (χ0v) is 10.4. The number of carbonyl (C=O) groups excluding carboxylic acids is 1. The van der Waals surface area contributed by atoms with Gasteiger partial charge in [-0.05, 0) is 24.1 Å². The minimum atomic E-state index is -0.0269. The summed E-state index contributed by atoms with van der Waals surface area (Å²) >= 11 is 0. The summed E-state index contributed by atoms with van der Waals surface area (Å²) in [6.07, 6.45) is 1.17. The van der Waals surface area contributed by atoms with Gasteiger partial charge in [-0.3, -0.25) is 4.79 Å². The van der Waals surface area contributed by atoms with Crippen LogP contribution in [0.25, 0.3) is 0 Å². The second-order valence-electron chi connectivity index (χ2n) is 4.49. The minimum absolute atomic E-state index is 0.0269. The van der Waals surface area contributed by atoms with Crippen LogP contribution >= 0.6 is 0 Å². The monoisotopic (exact) mass is 244 g/mol. The van der Waals surface area contributed by atoms with Crippen LogP contribution in [-0.4, -0.2) is 24.5 Å². The Bertz CT molecular complexity index is 462. The molecule has 0 radical (unpaired) electrons. The van der Waals surface area contributed by atoms with Gasteiger partial charge in [0, 0.05) is 19.5 Å². The van der Waals surface area contributed by atoms with Crippen molar-refractivity contribution in [1.29, 1.82) is 5.26 Å². The molecule has 1 atom stereocenters. The fourth-order valence-corrected chi connectivity index (χ4v) is 2.12. The summed E-state index contributed by atoms with van der Waals surface area (Å²) in [7, 11) is 1.63. The molecule has 1 unspecified atom stereocenters. The van der Waals surface area contributed by atoms with E-state index in [4.69, 9.17) is 10.00 Å². The number of hydrogen-bond acceptors (Lipinski definition) is 3. The quantitative estimate of drug-likeness (QED) is 0.816. The Labute approximate surface area is 107 Å². The predicted octanol–water partition coefficient (Wildman–Crippen LogP) is 1.96. The Kier molecular flexibility index (Phi) is 3.83. The second-order valence-corrected chi connectivity index (χ2v) is 4.49. The van der Waals surface area contributed by atoms with Gasteiger partial charge in [0.15, 0.2) is 0 Å². The lowest BCUT2D eigenvalue weighted by Crippen LogP contribution is -2.38. The molecular formula is C14H16N2O2. The molecule has 1 aromatic carbocycles. The van der Waals surface area contributed by atoms with E-state index in [2.05, 4.69) is 6.07 Å². The third kappa shape index (κ3) is 2.80. The largest absolute Gasteiger partial charge is 0.497 e. The number of nitrogens with zero attached hydrogens (tertiary/aromatic N) is 2. The smallest absolute Gasteiger partial charge is 0.222 e. The first-order chi connectivity index (χ1) is 8.72. The Balaban J connectivity index is 2.02. The number of benzene rings is 1. The van der Waals surface area contributed by atoms with Gasteiger partial charge in [-0.2, -0.15) is 5.26 Å². The van der Waals surface area contributed by atoms with E-state index >= 15 is 0 Å². The van der Waals surface area contributed by atoms with Crippen LogP contribution in [0.5, 0.6) is 5.75 Å². The second kappa shape index (κ2) is 5.54. The summed E-state index contributed by atoms with van der Waals surface area (Å²) in [6, 6.07) is 9.90. The highest BCUT2D eigenvalue weighted by molar-refractivity contribution is 5.77. The van der Waals surface area contributed by atoms with Crippen LogP contribution < -0.4 is 4.74 Å². The van der Waals surface area contributed by atoms with Crippen LogP contribution in [0.4, 0.5) is 0 Å². The SMILES string of the molecule is COc1ccc(CN2CC(C#N)CCC2=O)cc1. The van der Waals surface area contributed by atoms with Crippen molar-refractivity contribution in [2.75, 3.05) is 13.7 Å². The number of likely N-dealkylation sites (tertiary alicyclic amines) is 1. The third-order valence-electron chi connectivity index (χ3n) is 3.22. The first-order valence-corrected chi connectivity index (χ1v) is 6.03. The number of nitriles is 1. The molecule has 1 amide bonds. The summed E-state index contributed by atoms with van der Waals surface area (Å²) in [5, 5.41) is 8.92. The van der Waals surface area contributed by atoms with Crippen molar-refractivity contribution in [2.45, 2.75) is 19.4 Å². The molecule has 1 aliphatic heterocycles. The summed E-state index contributed by atoms with van der Waals surface area (Å²) < 4.78 is 5.09.